The zero-order valence-electron chi connectivity index (χ0n) is 11.4. The predicted molar refractivity (Wildman–Crippen MR) is 72.4 cm³/mol. The fourth-order valence-corrected chi connectivity index (χ4v) is 2.24. The van der Waals surface area contributed by atoms with Gasteiger partial charge >= 0.3 is 0 Å². The smallest absolute Gasteiger partial charge is 0.0924 e. The maximum atomic E-state index is 4.59. The van der Waals surface area contributed by atoms with Crippen LogP contribution in [0.2, 0.25) is 0 Å². The van der Waals surface area contributed by atoms with Crippen LogP contribution in [0.3, 0.4) is 0 Å². The highest BCUT2D eigenvalue weighted by molar-refractivity contribution is 5.30. The Morgan fingerprint density at radius 3 is 2.72 bits per heavy atom. The summed E-state index contributed by atoms with van der Waals surface area (Å²) in [6.45, 7) is 7.17. The minimum atomic E-state index is 0.100. The number of nitrogens with zero attached hydrogens (tertiary/aromatic N) is 3. The van der Waals surface area contributed by atoms with Gasteiger partial charge in [-0.05, 0) is 37.6 Å². The third-order valence-corrected chi connectivity index (χ3v) is 3.09. The second kappa shape index (κ2) is 5.31. The lowest BCUT2D eigenvalue weighted by Crippen LogP contribution is -2.26. The number of hydrogen-bond acceptors (Lipinski definition) is 3. The molecule has 0 aliphatic rings. The molecule has 1 atom stereocenters. The Labute approximate surface area is 108 Å². The Kier molecular flexibility index (Phi) is 3.77. The van der Waals surface area contributed by atoms with Crippen LogP contribution < -0.4 is 5.32 Å². The fourth-order valence-electron chi connectivity index (χ4n) is 2.24. The average molecular weight is 244 g/mol. The third kappa shape index (κ3) is 2.43. The Balaban J connectivity index is 2.45. The summed E-state index contributed by atoms with van der Waals surface area (Å²) in [7, 11) is 1.96. The van der Waals surface area contributed by atoms with Crippen molar-refractivity contribution in [3.05, 3.63) is 47.0 Å². The minimum absolute atomic E-state index is 0.100. The van der Waals surface area contributed by atoms with Crippen molar-refractivity contribution < 1.29 is 0 Å². The van der Waals surface area contributed by atoms with E-state index in [1.807, 2.05) is 30.2 Å². The second-order valence-electron chi connectivity index (χ2n) is 4.59. The highest BCUT2D eigenvalue weighted by atomic mass is 15.3. The third-order valence-electron chi connectivity index (χ3n) is 3.09. The molecular weight excluding hydrogens is 224 g/mol. The van der Waals surface area contributed by atoms with Gasteiger partial charge in [0.05, 0.1) is 17.4 Å². The first-order chi connectivity index (χ1) is 8.63. The summed E-state index contributed by atoms with van der Waals surface area (Å²) >= 11 is 0. The van der Waals surface area contributed by atoms with E-state index in [1.165, 1.54) is 11.1 Å². The molecule has 2 aromatic rings. The van der Waals surface area contributed by atoms with Crippen LogP contribution in [-0.4, -0.2) is 21.3 Å². The topological polar surface area (TPSA) is 42.7 Å². The summed E-state index contributed by atoms with van der Waals surface area (Å²) in [5.74, 6) is 0. The van der Waals surface area contributed by atoms with Gasteiger partial charge in [0.2, 0.25) is 0 Å². The summed E-state index contributed by atoms with van der Waals surface area (Å²) in [4.78, 5) is 4.59. The standard InChI is InChI=1S/C14H20N4/c1-5-15-14(12-6-7-17-18(12)4)13-11(3)8-10(2)9-16-13/h6-9,14-15H,5H2,1-4H3. The van der Waals surface area contributed by atoms with E-state index in [2.05, 4.69) is 42.2 Å². The van der Waals surface area contributed by atoms with Crippen LogP contribution in [-0.2, 0) is 7.05 Å². The zero-order valence-corrected chi connectivity index (χ0v) is 11.4. The molecule has 96 valence electrons. The van der Waals surface area contributed by atoms with E-state index >= 15 is 0 Å². The quantitative estimate of drug-likeness (QED) is 0.896. The van der Waals surface area contributed by atoms with Crippen molar-refractivity contribution in [1.29, 1.82) is 0 Å². The molecule has 1 unspecified atom stereocenters. The van der Waals surface area contributed by atoms with Crippen LogP contribution >= 0.6 is 0 Å². The molecule has 4 nitrogen and oxygen atoms in total. The van der Waals surface area contributed by atoms with E-state index < -0.39 is 0 Å². The zero-order chi connectivity index (χ0) is 13.1. The van der Waals surface area contributed by atoms with Crippen molar-refractivity contribution in [3.8, 4) is 0 Å². The van der Waals surface area contributed by atoms with Gasteiger partial charge in [0, 0.05) is 19.4 Å². The van der Waals surface area contributed by atoms with Crippen molar-refractivity contribution in [2.24, 2.45) is 7.05 Å². The maximum Gasteiger partial charge on any atom is 0.0924 e. The molecular formula is C14H20N4. The van der Waals surface area contributed by atoms with Gasteiger partial charge < -0.3 is 5.32 Å². The molecule has 0 bridgehead atoms. The highest BCUT2D eigenvalue weighted by Crippen LogP contribution is 2.22. The molecule has 18 heavy (non-hydrogen) atoms. The molecule has 0 aliphatic heterocycles. The largest absolute Gasteiger partial charge is 0.304 e. The van der Waals surface area contributed by atoms with Gasteiger partial charge in [-0.2, -0.15) is 5.10 Å². The molecule has 0 aliphatic carbocycles. The van der Waals surface area contributed by atoms with Gasteiger partial charge in [0.1, 0.15) is 0 Å². The Morgan fingerprint density at radius 2 is 2.17 bits per heavy atom. The first-order valence-electron chi connectivity index (χ1n) is 6.28. The SMILES string of the molecule is CCNC(c1ncc(C)cc1C)c1ccnn1C. The van der Waals surface area contributed by atoms with Gasteiger partial charge in [-0.1, -0.05) is 13.0 Å². The normalized spacial score (nSPS) is 12.7. The fraction of sp³-hybridized carbons (Fsp3) is 0.429. The van der Waals surface area contributed by atoms with Crippen LogP contribution in [0.5, 0.6) is 0 Å². The maximum absolute atomic E-state index is 4.59. The Bertz CT molecular complexity index is 530. The monoisotopic (exact) mass is 244 g/mol. The molecule has 0 spiro atoms. The van der Waals surface area contributed by atoms with Crippen molar-refractivity contribution in [2.45, 2.75) is 26.8 Å². The molecule has 0 fully saturated rings. The number of aromatic nitrogens is 3. The minimum Gasteiger partial charge on any atom is -0.304 e. The molecule has 2 heterocycles. The van der Waals surface area contributed by atoms with E-state index in [0.717, 1.165) is 17.9 Å². The van der Waals surface area contributed by atoms with E-state index in [0.29, 0.717) is 0 Å². The number of nitrogens with one attached hydrogen (secondary N) is 1. The lowest BCUT2D eigenvalue weighted by molar-refractivity contribution is 0.559. The lowest BCUT2D eigenvalue weighted by Gasteiger charge is -2.19. The molecule has 0 radical (unpaired) electrons. The van der Waals surface area contributed by atoms with E-state index in [-0.39, 0.29) is 6.04 Å². The van der Waals surface area contributed by atoms with Crippen LogP contribution in [0.4, 0.5) is 0 Å². The van der Waals surface area contributed by atoms with Gasteiger partial charge in [-0.15, -0.1) is 0 Å². The Hall–Kier alpha value is -1.68. The number of pyridine rings is 1. The van der Waals surface area contributed by atoms with Crippen molar-refractivity contribution in [2.75, 3.05) is 6.54 Å². The average Bonchev–Trinajstić information content (AvgIpc) is 2.73. The summed E-state index contributed by atoms with van der Waals surface area (Å²) in [5, 5.41) is 7.72. The molecule has 0 amide bonds. The van der Waals surface area contributed by atoms with Gasteiger partial charge in [0.15, 0.2) is 0 Å². The summed E-state index contributed by atoms with van der Waals surface area (Å²) < 4.78 is 1.90. The van der Waals surface area contributed by atoms with Gasteiger partial charge in [0.25, 0.3) is 0 Å². The van der Waals surface area contributed by atoms with Crippen molar-refractivity contribution in [1.82, 2.24) is 20.1 Å². The van der Waals surface area contributed by atoms with Crippen molar-refractivity contribution in [3.63, 3.8) is 0 Å². The summed E-state index contributed by atoms with van der Waals surface area (Å²) in [6, 6.07) is 4.31. The van der Waals surface area contributed by atoms with E-state index in [4.69, 9.17) is 0 Å². The van der Waals surface area contributed by atoms with Gasteiger partial charge in [-0.3, -0.25) is 9.67 Å². The van der Waals surface area contributed by atoms with Crippen LogP contribution in [0, 0.1) is 13.8 Å². The lowest BCUT2D eigenvalue weighted by atomic mass is 10.0. The summed E-state index contributed by atoms with van der Waals surface area (Å²) in [5.41, 5.74) is 4.61. The van der Waals surface area contributed by atoms with E-state index in [9.17, 15) is 0 Å². The number of aryl methyl sites for hydroxylation is 3. The molecule has 0 aromatic carbocycles. The van der Waals surface area contributed by atoms with Crippen LogP contribution in [0.1, 0.15) is 35.5 Å². The van der Waals surface area contributed by atoms with Crippen LogP contribution in [0.15, 0.2) is 24.5 Å². The Morgan fingerprint density at radius 1 is 1.39 bits per heavy atom. The molecule has 4 heteroatoms. The van der Waals surface area contributed by atoms with E-state index in [1.54, 1.807) is 0 Å². The molecule has 2 rings (SSSR count). The molecule has 0 saturated carbocycles. The first-order valence-corrected chi connectivity index (χ1v) is 6.28. The summed E-state index contributed by atoms with van der Waals surface area (Å²) in [6.07, 6.45) is 3.74. The molecule has 2 aromatic heterocycles. The second-order valence-corrected chi connectivity index (χ2v) is 4.59. The highest BCUT2D eigenvalue weighted by Gasteiger charge is 2.19. The predicted octanol–water partition coefficient (Wildman–Crippen LogP) is 2.13. The number of rotatable bonds is 4. The number of hydrogen-bond donors (Lipinski definition) is 1. The van der Waals surface area contributed by atoms with Crippen LogP contribution in [0.25, 0.3) is 0 Å². The first kappa shape index (κ1) is 12.8. The molecule has 1 N–H and O–H groups in total. The van der Waals surface area contributed by atoms with Crippen molar-refractivity contribution >= 4 is 0 Å². The van der Waals surface area contributed by atoms with Gasteiger partial charge in [-0.25, -0.2) is 0 Å². The molecule has 0 saturated heterocycles.